The van der Waals surface area contributed by atoms with E-state index >= 15 is 0 Å². The van der Waals surface area contributed by atoms with Gasteiger partial charge in [-0.3, -0.25) is 4.79 Å². The number of carbonyl (C=O) groups excluding carboxylic acids is 1. The number of hydrogen-bond acceptors (Lipinski definition) is 2. The van der Waals surface area contributed by atoms with Gasteiger partial charge in [-0.15, -0.1) is 0 Å². The third-order valence-electron chi connectivity index (χ3n) is 5.71. The molecule has 34 heavy (non-hydrogen) atoms. The van der Waals surface area contributed by atoms with Crippen LogP contribution in [-0.4, -0.2) is 18.6 Å². The predicted octanol–water partition coefficient (Wildman–Crippen LogP) is 7.06. The van der Waals surface area contributed by atoms with E-state index in [1.807, 2.05) is 76.2 Å². The zero-order chi connectivity index (χ0) is 24.9. The molecule has 0 radical (unpaired) electrons. The van der Waals surface area contributed by atoms with Gasteiger partial charge < -0.3 is 9.64 Å². The fraction of sp³-hybridized carbons (Fsp3) is 0.321. The summed E-state index contributed by atoms with van der Waals surface area (Å²) in [5.41, 5.74) is 3.67. The maximum Gasteiger partial charge on any atom is 0.416 e. The summed E-state index contributed by atoms with van der Waals surface area (Å²) in [7, 11) is 0. The standard InChI is InChI=1S/C28H30F3NO2/c1-19(2)34-26(23-8-6-5-7-9-23)27(33)32(25-15-10-20(3)21(4)18-25)17-16-22-11-13-24(14-12-22)28(29,30)31/h5-15,18-19,26H,16-17H2,1-4H3/t26-/m0/s1. The zero-order valence-corrected chi connectivity index (χ0v) is 19.9. The molecule has 0 aliphatic rings. The summed E-state index contributed by atoms with van der Waals surface area (Å²) >= 11 is 0. The molecule has 0 aromatic heterocycles. The second kappa shape index (κ2) is 10.9. The lowest BCUT2D eigenvalue weighted by molar-refractivity contribution is -0.137. The van der Waals surface area contributed by atoms with Crippen LogP contribution in [0.1, 0.15) is 47.8 Å². The van der Waals surface area contributed by atoms with Crippen LogP contribution in [0.2, 0.25) is 0 Å². The summed E-state index contributed by atoms with van der Waals surface area (Å²) < 4.78 is 44.8. The van der Waals surface area contributed by atoms with Gasteiger partial charge in [-0.25, -0.2) is 0 Å². The first-order valence-corrected chi connectivity index (χ1v) is 11.3. The molecule has 0 N–H and O–H groups in total. The van der Waals surface area contributed by atoms with Crippen molar-refractivity contribution < 1.29 is 22.7 Å². The Balaban J connectivity index is 1.92. The molecule has 0 heterocycles. The van der Waals surface area contributed by atoms with Crippen molar-refractivity contribution in [3.63, 3.8) is 0 Å². The number of halogens is 3. The lowest BCUT2D eigenvalue weighted by Gasteiger charge is -2.29. The van der Waals surface area contributed by atoms with E-state index in [9.17, 15) is 18.0 Å². The fourth-order valence-electron chi connectivity index (χ4n) is 3.68. The molecule has 0 aliphatic carbocycles. The van der Waals surface area contributed by atoms with Crippen molar-refractivity contribution in [3.05, 3.63) is 101 Å². The highest BCUT2D eigenvalue weighted by atomic mass is 19.4. The first kappa shape index (κ1) is 25.5. The molecule has 3 aromatic rings. The fourth-order valence-corrected chi connectivity index (χ4v) is 3.68. The van der Waals surface area contributed by atoms with Crippen LogP contribution in [0.25, 0.3) is 0 Å². The van der Waals surface area contributed by atoms with E-state index in [-0.39, 0.29) is 12.0 Å². The number of benzene rings is 3. The summed E-state index contributed by atoms with van der Waals surface area (Å²) in [6, 6.07) is 20.2. The van der Waals surface area contributed by atoms with Crippen LogP contribution < -0.4 is 4.90 Å². The SMILES string of the molecule is Cc1ccc(N(CCc2ccc(C(F)(F)F)cc2)C(=O)[C@@H](OC(C)C)c2ccccc2)cc1C. The topological polar surface area (TPSA) is 29.5 Å². The highest BCUT2D eigenvalue weighted by molar-refractivity contribution is 5.97. The average Bonchev–Trinajstić information content (AvgIpc) is 2.80. The molecule has 0 saturated heterocycles. The highest BCUT2D eigenvalue weighted by Crippen LogP contribution is 2.30. The van der Waals surface area contributed by atoms with E-state index in [2.05, 4.69) is 0 Å². The molecule has 0 bridgehead atoms. The van der Waals surface area contributed by atoms with Crippen LogP contribution in [0, 0.1) is 13.8 Å². The number of hydrogen-bond donors (Lipinski definition) is 0. The van der Waals surface area contributed by atoms with Crippen molar-refractivity contribution in [1.29, 1.82) is 0 Å². The Morgan fingerprint density at radius 2 is 1.56 bits per heavy atom. The minimum atomic E-state index is -4.38. The maximum absolute atomic E-state index is 13.8. The number of carbonyl (C=O) groups is 1. The number of alkyl halides is 3. The van der Waals surface area contributed by atoms with Crippen LogP contribution in [0.4, 0.5) is 18.9 Å². The largest absolute Gasteiger partial charge is 0.416 e. The van der Waals surface area contributed by atoms with E-state index in [4.69, 9.17) is 4.74 Å². The van der Waals surface area contributed by atoms with Crippen LogP contribution in [0.5, 0.6) is 0 Å². The van der Waals surface area contributed by atoms with Crippen molar-refractivity contribution in [3.8, 4) is 0 Å². The summed E-state index contributed by atoms with van der Waals surface area (Å²) in [6.45, 7) is 8.05. The summed E-state index contributed by atoms with van der Waals surface area (Å²) in [6.07, 6.45) is -4.95. The van der Waals surface area contributed by atoms with E-state index in [0.717, 1.165) is 40.1 Å². The number of rotatable bonds is 8. The lowest BCUT2D eigenvalue weighted by Crippen LogP contribution is -2.38. The van der Waals surface area contributed by atoms with Crippen LogP contribution >= 0.6 is 0 Å². The molecular weight excluding hydrogens is 439 g/mol. The molecule has 1 amide bonds. The number of nitrogens with zero attached hydrogens (tertiary/aromatic N) is 1. The van der Waals surface area contributed by atoms with Gasteiger partial charge in [0.15, 0.2) is 6.10 Å². The van der Waals surface area contributed by atoms with E-state index in [1.54, 1.807) is 4.90 Å². The monoisotopic (exact) mass is 469 g/mol. The van der Waals surface area contributed by atoms with Gasteiger partial charge in [0.05, 0.1) is 11.7 Å². The number of amides is 1. The quantitative estimate of drug-likeness (QED) is 0.353. The Labute approximate surface area is 199 Å². The number of aryl methyl sites for hydroxylation is 2. The molecule has 0 fully saturated rings. The van der Waals surface area contributed by atoms with Crippen LogP contribution in [-0.2, 0) is 22.1 Å². The van der Waals surface area contributed by atoms with Gasteiger partial charge in [-0.05, 0) is 80.6 Å². The lowest BCUT2D eigenvalue weighted by atomic mass is 10.0. The molecule has 6 heteroatoms. The van der Waals surface area contributed by atoms with Crippen LogP contribution in [0.15, 0.2) is 72.8 Å². The van der Waals surface area contributed by atoms with Gasteiger partial charge >= 0.3 is 6.18 Å². The molecule has 0 aliphatic heterocycles. The van der Waals surface area contributed by atoms with Gasteiger partial charge in [-0.1, -0.05) is 48.5 Å². The van der Waals surface area contributed by atoms with E-state index < -0.39 is 17.8 Å². The van der Waals surface area contributed by atoms with Gasteiger partial charge in [0.25, 0.3) is 5.91 Å². The number of anilines is 1. The Kier molecular flexibility index (Phi) is 8.15. The smallest absolute Gasteiger partial charge is 0.361 e. The molecular formula is C28H30F3NO2. The average molecular weight is 470 g/mol. The molecule has 180 valence electrons. The second-order valence-corrected chi connectivity index (χ2v) is 8.68. The molecule has 3 aromatic carbocycles. The van der Waals surface area contributed by atoms with E-state index in [0.29, 0.717) is 13.0 Å². The van der Waals surface area contributed by atoms with Crippen molar-refractivity contribution in [2.45, 2.75) is 52.5 Å². The van der Waals surface area contributed by atoms with Gasteiger partial charge in [-0.2, -0.15) is 13.2 Å². The van der Waals surface area contributed by atoms with Crippen LogP contribution in [0.3, 0.4) is 0 Å². The van der Waals surface area contributed by atoms with Gasteiger partial charge in [0.2, 0.25) is 0 Å². The Morgan fingerprint density at radius 3 is 2.12 bits per heavy atom. The third kappa shape index (κ3) is 6.48. The Morgan fingerprint density at radius 1 is 0.912 bits per heavy atom. The maximum atomic E-state index is 13.8. The molecule has 3 rings (SSSR count). The van der Waals surface area contributed by atoms with Crippen molar-refractivity contribution in [1.82, 2.24) is 0 Å². The second-order valence-electron chi connectivity index (χ2n) is 8.68. The molecule has 3 nitrogen and oxygen atoms in total. The molecule has 0 saturated carbocycles. The van der Waals surface area contributed by atoms with Crippen molar-refractivity contribution in [2.75, 3.05) is 11.4 Å². The third-order valence-corrected chi connectivity index (χ3v) is 5.71. The first-order chi connectivity index (χ1) is 16.1. The highest BCUT2D eigenvalue weighted by Gasteiger charge is 2.31. The summed E-state index contributed by atoms with van der Waals surface area (Å²) in [4.78, 5) is 15.5. The van der Waals surface area contributed by atoms with Crippen molar-refractivity contribution >= 4 is 11.6 Å². The minimum Gasteiger partial charge on any atom is -0.361 e. The minimum absolute atomic E-state index is 0.175. The molecule has 1 atom stereocenters. The zero-order valence-electron chi connectivity index (χ0n) is 19.9. The van der Waals surface area contributed by atoms with E-state index in [1.165, 1.54) is 12.1 Å². The molecule has 0 spiro atoms. The number of ether oxygens (including phenoxy) is 1. The van der Waals surface area contributed by atoms with Gasteiger partial charge in [0.1, 0.15) is 0 Å². The summed E-state index contributed by atoms with van der Waals surface area (Å²) in [5, 5.41) is 0. The first-order valence-electron chi connectivity index (χ1n) is 11.3. The van der Waals surface area contributed by atoms with Gasteiger partial charge in [0, 0.05) is 12.2 Å². The Hall–Kier alpha value is -3.12. The summed E-state index contributed by atoms with van der Waals surface area (Å²) in [5.74, 6) is -0.213. The Bertz CT molecular complexity index is 1090. The molecule has 0 unspecified atom stereocenters. The normalized spacial score (nSPS) is 12.6. The predicted molar refractivity (Wildman–Crippen MR) is 129 cm³/mol. The van der Waals surface area contributed by atoms with Crippen molar-refractivity contribution in [2.24, 2.45) is 0 Å².